The predicted molar refractivity (Wildman–Crippen MR) is 120 cm³/mol. The van der Waals surface area contributed by atoms with Crippen molar-refractivity contribution >= 4 is 29.3 Å². The summed E-state index contributed by atoms with van der Waals surface area (Å²) in [6.07, 6.45) is 3.49. The van der Waals surface area contributed by atoms with Crippen LogP contribution in [0.2, 0.25) is 0 Å². The highest BCUT2D eigenvalue weighted by molar-refractivity contribution is 7.98. The van der Waals surface area contributed by atoms with Crippen molar-refractivity contribution < 1.29 is 4.79 Å². The third kappa shape index (κ3) is 6.93. The van der Waals surface area contributed by atoms with Crippen LogP contribution in [0.3, 0.4) is 0 Å². The molecule has 28 heavy (non-hydrogen) atoms. The Morgan fingerprint density at radius 1 is 1.07 bits per heavy atom. The highest BCUT2D eigenvalue weighted by Gasteiger charge is 2.05. The van der Waals surface area contributed by atoms with Crippen molar-refractivity contribution in [2.24, 2.45) is 4.99 Å². The van der Waals surface area contributed by atoms with E-state index >= 15 is 0 Å². The van der Waals surface area contributed by atoms with Crippen LogP contribution >= 0.6 is 11.8 Å². The Bertz CT molecular complexity index is 803. The van der Waals surface area contributed by atoms with E-state index in [1.165, 1.54) is 16.0 Å². The first-order chi connectivity index (χ1) is 13.5. The summed E-state index contributed by atoms with van der Waals surface area (Å²) < 4.78 is 0. The molecule has 1 amide bonds. The lowest BCUT2D eigenvalue weighted by Crippen LogP contribution is -2.36. The van der Waals surface area contributed by atoms with Crippen LogP contribution in [0.4, 0.5) is 5.69 Å². The fourth-order valence-corrected chi connectivity index (χ4v) is 3.45. The third-order valence-electron chi connectivity index (χ3n) is 4.29. The number of rotatable bonds is 8. The normalized spacial score (nSPS) is 11.2. The monoisotopic (exact) mass is 398 g/mol. The minimum absolute atomic E-state index is 0.0543. The zero-order valence-corrected chi connectivity index (χ0v) is 18.0. The molecule has 150 valence electrons. The van der Waals surface area contributed by atoms with E-state index in [2.05, 4.69) is 52.3 Å². The first kappa shape index (κ1) is 21.8. The maximum absolute atomic E-state index is 11.7. The van der Waals surface area contributed by atoms with Crippen LogP contribution in [0, 0.1) is 6.92 Å². The van der Waals surface area contributed by atoms with Crippen molar-refractivity contribution in [2.45, 2.75) is 44.7 Å². The van der Waals surface area contributed by atoms with Crippen LogP contribution < -0.4 is 16.0 Å². The zero-order chi connectivity index (χ0) is 20.4. The molecule has 0 bridgehead atoms. The van der Waals surface area contributed by atoms with Gasteiger partial charge >= 0.3 is 0 Å². The van der Waals surface area contributed by atoms with Crippen LogP contribution in [0.1, 0.15) is 36.5 Å². The molecule has 0 aromatic heterocycles. The molecule has 0 aliphatic rings. The predicted octanol–water partition coefficient (Wildman–Crippen LogP) is 4.32. The topological polar surface area (TPSA) is 65.5 Å². The number of benzene rings is 2. The number of aryl methyl sites for hydroxylation is 1. The van der Waals surface area contributed by atoms with Gasteiger partial charge in [-0.15, -0.1) is 11.8 Å². The first-order valence-electron chi connectivity index (χ1n) is 9.52. The molecule has 5 nitrogen and oxygen atoms in total. The van der Waals surface area contributed by atoms with E-state index in [0.29, 0.717) is 13.0 Å². The number of hydrogen-bond donors (Lipinski definition) is 3. The SMILES string of the molecule is CCCC(=O)Nc1ccc(CNC(=NC)NCc2ccc(C)cc2SC)cc1. The summed E-state index contributed by atoms with van der Waals surface area (Å²) in [7, 11) is 1.77. The fourth-order valence-electron chi connectivity index (χ4n) is 2.74. The summed E-state index contributed by atoms with van der Waals surface area (Å²) in [6.45, 7) is 5.48. The number of guanidine groups is 1. The van der Waals surface area contributed by atoms with Crippen LogP contribution in [-0.2, 0) is 17.9 Å². The van der Waals surface area contributed by atoms with E-state index in [0.717, 1.165) is 30.2 Å². The maximum Gasteiger partial charge on any atom is 0.224 e. The van der Waals surface area contributed by atoms with Crippen molar-refractivity contribution in [2.75, 3.05) is 18.6 Å². The van der Waals surface area contributed by atoms with Crippen LogP contribution in [0.15, 0.2) is 52.4 Å². The summed E-state index contributed by atoms with van der Waals surface area (Å²) in [6, 6.07) is 14.4. The second-order valence-corrected chi connectivity index (χ2v) is 7.44. The van der Waals surface area contributed by atoms with Crippen molar-refractivity contribution in [1.82, 2.24) is 10.6 Å². The lowest BCUT2D eigenvalue weighted by Gasteiger charge is -2.14. The van der Waals surface area contributed by atoms with Gasteiger partial charge < -0.3 is 16.0 Å². The Labute approximate surface area is 172 Å². The summed E-state index contributed by atoms with van der Waals surface area (Å²) in [4.78, 5) is 17.2. The second-order valence-electron chi connectivity index (χ2n) is 6.59. The molecule has 0 unspecified atom stereocenters. The Balaban J connectivity index is 1.86. The zero-order valence-electron chi connectivity index (χ0n) is 17.1. The van der Waals surface area contributed by atoms with Gasteiger partial charge in [0.1, 0.15) is 0 Å². The minimum atomic E-state index is 0.0543. The molecule has 0 saturated heterocycles. The van der Waals surface area contributed by atoms with Gasteiger partial charge in [-0.3, -0.25) is 9.79 Å². The summed E-state index contributed by atoms with van der Waals surface area (Å²) in [5, 5.41) is 9.60. The van der Waals surface area contributed by atoms with Crippen molar-refractivity contribution in [3.8, 4) is 0 Å². The van der Waals surface area contributed by atoms with E-state index in [1.807, 2.05) is 31.2 Å². The van der Waals surface area contributed by atoms with Crippen LogP contribution in [0.25, 0.3) is 0 Å². The number of hydrogen-bond acceptors (Lipinski definition) is 3. The number of thioether (sulfide) groups is 1. The Hall–Kier alpha value is -2.47. The van der Waals surface area contributed by atoms with Gasteiger partial charge in [0.15, 0.2) is 5.96 Å². The lowest BCUT2D eigenvalue weighted by molar-refractivity contribution is -0.116. The number of carbonyl (C=O) groups excluding carboxylic acids is 1. The highest BCUT2D eigenvalue weighted by Crippen LogP contribution is 2.21. The third-order valence-corrected chi connectivity index (χ3v) is 5.11. The molecule has 0 spiro atoms. The average Bonchev–Trinajstić information content (AvgIpc) is 2.70. The minimum Gasteiger partial charge on any atom is -0.352 e. The second kappa shape index (κ2) is 11.4. The van der Waals surface area contributed by atoms with E-state index in [9.17, 15) is 4.79 Å². The number of nitrogens with one attached hydrogen (secondary N) is 3. The van der Waals surface area contributed by atoms with E-state index in [4.69, 9.17) is 0 Å². The molecule has 0 atom stereocenters. The summed E-state index contributed by atoms with van der Waals surface area (Å²) >= 11 is 1.76. The molecule has 0 aliphatic carbocycles. The maximum atomic E-state index is 11.7. The largest absolute Gasteiger partial charge is 0.352 e. The van der Waals surface area contributed by atoms with Gasteiger partial charge in [0.2, 0.25) is 5.91 Å². The molecule has 0 fully saturated rings. The van der Waals surface area contributed by atoms with E-state index in [-0.39, 0.29) is 5.91 Å². The molecular formula is C22H30N4OS. The average molecular weight is 399 g/mol. The molecule has 0 aliphatic heterocycles. The van der Waals surface area contributed by atoms with E-state index in [1.54, 1.807) is 18.8 Å². The first-order valence-corrected chi connectivity index (χ1v) is 10.7. The van der Waals surface area contributed by atoms with E-state index < -0.39 is 0 Å². The number of anilines is 1. The molecule has 0 saturated carbocycles. The van der Waals surface area contributed by atoms with Gasteiger partial charge in [0, 0.05) is 37.1 Å². The number of nitrogens with zero attached hydrogens (tertiary/aromatic N) is 1. The van der Waals surface area contributed by atoms with Crippen molar-refractivity contribution in [1.29, 1.82) is 0 Å². The summed E-state index contributed by atoms with van der Waals surface area (Å²) in [5.41, 5.74) is 4.48. The quantitative estimate of drug-likeness (QED) is 0.352. The lowest BCUT2D eigenvalue weighted by atomic mass is 10.1. The standard InChI is InChI=1S/C22H30N4OS/c1-5-6-21(27)26-19-11-8-17(9-12-19)14-24-22(23-3)25-15-18-10-7-16(2)13-20(18)28-4/h7-13H,5-6,14-15H2,1-4H3,(H,26,27)(H2,23,24,25). The molecule has 3 N–H and O–H groups in total. The molecule has 2 rings (SSSR count). The Morgan fingerprint density at radius 2 is 1.79 bits per heavy atom. The van der Waals surface area contributed by atoms with Crippen LogP contribution in [0.5, 0.6) is 0 Å². The van der Waals surface area contributed by atoms with Gasteiger partial charge in [-0.1, -0.05) is 31.2 Å². The number of carbonyl (C=O) groups is 1. The summed E-state index contributed by atoms with van der Waals surface area (Å²) in [5.74, 6) is 0.812. The molecule has 2 aromatic rings. The van der Waals surface area contributed by atoms with Crippen molar-refractivity contribution in [3.63, 3.8) is 0 Å². The number of aliphatic imine (C=N–C) groups is 1. The number of amides is 1. The van der Waals surface area contributed by atoms with Gasteiger partial charge in [-0.25, -0.2) is 0 Å². The highest BCUT2D eigenvalue weighted by atomic mass is 32.2. The molecule has 0 heterocycles. The van der Waals surface area contributed by atoms with Gasteiger partial charge in [0.25, 0.3) is 0 Å². The molecule has 6 heteroatoms. The van der Waals surface area contributed by atoms with Crippen molar-refractivity contribution in [3.05, 3.63) is 59.2 Å². The smallest absolute Gasteiger partial charge is 0.224 e. The molecule has 0 radical (unpaired) electrons. The molecular weight excluding hydrogens is 368 g/mol. The van der Waals surface area contributed by atoms with Crippen LogP contribution in [-0.4, -0.2) is 25.2 Å². The molecule has 2 aromatic carbocycles. The Morgan fingerprint density at radius 3 is 2.43 bits per heavy atom. The Kier molecular flexibility index (Phi) is 8.88. The van der Waals surface area contributed by atoms with Gasteiger partial charge in [-0.05, 0) is 54.5 Å². The van der Waals surface area contributed by atoms with Gasteiger partial charge in [-0.2, -0.15) is 0 Å². The van der Waals surface area contributed by atoms with Gasteiger partial charge in [0.05, 0.1) is 0 Å². The fraction of sp³-hybridized carbons (Fsp3) is 0.364.